The number of carbonyl (C=O) groups excluding carboxylic acids is 1. The minimum Gasteiger partial charge on any atom is -0.352 e. The SMILES string of the molecule is O=C(NC1CCN(Cc2ccc(Cl)c(Cl)c2)CC1)C(Sc1nc(-c2ccc(Cl)c([N+](=O)[O-])c2)cs1)c1sc(S)nc1-c1ccc(Cl)c([N+](=O)[O-])c1. The topological polar surface area (TPSA) is 144 Å². The van der Waals surface area contributed by atoms with E-state index in [4.69, 9.17) is 51.4 Å². The summed E-state index contributed by atoms with van der Waals surface area (Å²) in [5.41, 5.74) is 2.23. The van der Waals surface area contributed by atoms with Gasteiger partial charge in [-0.25, -0.2) is 9.97 Å². The van der Waals surface area contributed by atoms with E-state index in [9.17, 15) is 25.0 Å². The highest BCUT2D eigenvalue weighted by Gasteiger charge is 2.33. The maximum absolute atomic E-state index is 14.3. The number of amides is 1. The first-order valence-electron chi connectivity index (χ1n) is 15.0. The van der Waals surface area contributed by atoms with E-state index in [1.54, 1.807) is 23.6 Å². The van der Waals surface area contributed by atoms with Crippen LogP contribution in [0.1, 0.15) is 28.5 Å². The maximum atomic E-state index is 14.3. The number of benzene rings is 3. The van der Waals surface area contributed by atoms with Gasteiger partial charge >= 0.3 is 0 Å². The molecule has 264 valence electrons. The fourth-order valence-electron chi connectivity index (χ4n) is 5.50. The van der Waals surface area contributed by atoms with Gasteiger partial charge in [0.2, 0.25) is 5.91 Å². The third-order valence-corrected chi connectivity index (χ3v) is 13.0. The van der Waals surface area contributed by atoms with E-state index >= 15 is 0 Å². The number of thiazole rings is 2. The Balaban J connectivity index is 1.27. The second-order valence-electron chi connectivity index (χ2n) is 11.4. The van der Waals surface area contributed by atoms with E-state index in [1.165, 1.54) is 58.7 Å². The van der Waals surface area contributed by atoms with Crippen LogP contribution in [0.4, 0.5) is 11.4 Å². The van der Waals surface area contributed by atoms with Crippen molar-refractivity contribution < 1.29 is 14.6 Å². The molecule has 0 saturated carbocycles. The predicted octanol–water partition coefficient (Wildman–Crippen LogP) is 10.3. The van der Waals surface area contributed by atoms with Gasteiger partial charge in [0.15, 0.2) is 4.34 Å². The number of aromatic nitrogens is 2. The fraction of sp³-hybridized carbons (Fsp3) is 0.219. The Hall–Kier alpha value is -2.99. The number of carbonyl (C=O) groups is 1. The fourth-order valence-corrected chi connectivity index (χ4v) is 9.64. The van der Waals surface area contributed by atoms with Crippen molar-refractivity contribution in [3.8, 4) is 22.5 Å². The molecule has 19 heteroatoms. The second-order valence-corrected chi connectivity index (χ2v) is 17.0. The van der Waals surface area contributed by atoms with E-state index < -0.39 is 15.1 Å². The highest BCUT2D eigenvalue weighted by atomic mass is 35.5. The van der Waals surface area contributed by atoms with Crippen molar-refractivity contribution in [3.05, 3.63) is 111 Å². The highest BCUT2D eigenvalue weighted by molar-refractivity contribution is 8.02. The van der Waals surface area contributed by atoms with Gasteiger partial charge in [0, 0.05) is 54.3 Å². The number of thiol groups is 1. The Bertz CT molecular complexity index is 2140. The number of nitro groups is 2. The average molecular weight is 843 g/mol. The van der Waals surface area contributed by atoms with E-state index in [2.05, 4.69) is 27.8 Å². The van der Waals surface area contributed by atoms with Gasteiger partial charge in [-0.2, -0.15) is 0 Å². The molecule has 0 bridgehead atoms. The molecule has 3 aromatic carbocycles. The quantitative estimate of drug-likeness (QED) is 0.0575. The van der Waals surface area contributed by atoms with Crippen LogP contribution in [0.25, 0.3) is 22.5 Å². The van der Waals surface area contributed by atoms with Crippen LogP contribution in [0.15, 0.2) is 68.7 Å². The summed E-state index contributed by atoms with van der Waals surface area (Å²) >= 11 is 32.5. The lowest BCUT2D eigenvalue weighted by Gasteiger charge is -2.33. The molecule has 11 nitrogen and oxygen atoms in total. The summed E-state index contributed by atoms with van der Waals surface area (Å²) in [5, 5.41) is 28.3. The number of nitrogens with zero attached hydrogens (tertiary/aromatic N) is 5. The third-order valence-electron chi connectivity index (χ3n) is 8.00. The third kappa shape index (κ3) is 8.98. The zero-order valence-electron chi connectivity index (χ0n) is 25.9. The summed E-state index contributed by atoms with van der Waals surface area (Å²) in [7, 11) is 0. The predicted molar refractivity (Wildman–Crippen MR) is 207 cm³/mol. The van der Waals surface area contributed by atoms with Gasteiger partial charge in [0.05, 0.1) is 36.2 Å². The average Bonchev–Trinajstić information content (AvgIpc) is 3.73. The molecule has 1 fully saturated rings. The Kier molecular flexibility index (Phi) is 12.1. The summed E-state index contributed by atoms with van der Waals surface area (Å²) in [6, 6.07) is 14.3. The molecule has 1 atom stereocenters. The van der Waals surface area contributed by atoms with Crippen molar-refractivity contribution in [1.29, 1.82) is 0 Å². The van der Waals surface area contributed by atoms with Crippen LogP contribution in [-0.2, 0) is 11.3 Å². The minimum absolute atomic E-state index is 0.00763. The van der Waals surface area contributed by atoms with Crippen molar-refractivity contribution >= 4 is 111 Å². The molecule has 0 radical (unpaired) electrons. The van der Waals surface area contributed by atoms with Gasteiger partial charge < -0.3 is 5.32 Å². The lowest BCUT2D eigenvalue weighted by molar-refractivity contribution is -0.384. The molecule has 6 rings (SSSR count). The van der Waals surface area contributed by atoms with Gasteiger partial charge in [0.25, 0.3) is 11.4 Å². The van der Waals surface area contributed by atoms with Gasteiger partial charge in [-0.05, 0) is 42.7 Å². The number of hydrogen-bond acceptors (Lipinski definition) is 12. The van der Waals surface area contributed by atoms with Crippen LogP contribution >= 0.6 is 93.5 Å². The Morgan fingerprint density at radius 2 is 1.55 bits per heavy atom. The molecular weight excluding hydrogens is 818 g/mol. The van der Waals surface area contributed by atoms with Crippen molar-refractivity contribution in [2.24, 2.45) is 0 Å². The first-order valence-corrected chi connectivity index (χ1v) is 19.6. The highest BCUT2D eigenvalue weighted by Crippen LogP contribution is 2.46. The first kappa shape index (κ1) is 37.8. The first-order chi connectivity index (χ1) is 24.4. The Morgan fingerprint density at radius 3 is 2.20 bits per heavy atom. The molecule has 3 heterocycles. The smallest absolute Gasteiger partial charge is 0.288 e. The van der Waals surface area contributed by atoms with Crippen LogP contribution in [0.2, 0.25) is 20.1 Å². The van der Waals surface area contributed by atoms with Gasteiger partial charge in [-0.15, -0.1) is 35.3 Å². The van der Waals surface area contributed by atoms with E-state index in [1.807, 2.05) is 12.1 Å². The molecule has 0 aliphatic carbocycles. The molecule has 5 aromatic rings. The molecule has 51 heavy (non-hydrogen) atoms. The summed E-state index contributed by atoms with van der Waals surface area (Å²) < 4.78 is 0.876. The molecular formula is C32H24Cl4N6O5S4. The van der Waals surface area contributed by atoms with E-state index in [0.29, 0.717) is 65.5 Å². The van der Waals surface area contributed by atoms with Crippen LogP contribution < -0.4 is 5.32 Å². The minimum atomic E-state index is -0.874. The number of hydrogen-bond donors (Lipinski definition) is 2. The summed E-state index contributed by atoms with van der Waals surface area (Å²) in [6.07, 6.45) is 1.41. The zero-order valence-corrected chi connectivity index (χ0v) is 32.3. The van der Waals surface area contributed by atoms with Crippen molar-refractivity contribution in [1.82, 2.24) is 20.2 Å². The summed E-state index contributed by atoms with van der Waals surface area (Å²) in [6.45, 7) is 2.18. The Labute approximate surface area is 329 Å². The molecule has 0 spiro atoms. The molecule has 1 saturated heterocycles. The van der Waals surface area contributed by atoms with Crippen molar-refractivity contribution in [2.75, 3.05) is 13.1 Å². The molecule has 2 aromatic heterocycles. The zero-order chi connectivity index (χ0) is 36.4. The number of thioether (sulfide) groups is 1. The number of piperidine rings is 1. The number of halogens is 4. The van der Waals surface area contributed by atoms with Crippen LogP contribution in [-0.4, -0.2) is 49.8 Å². The van der Waals surface area contributed by atoms with Gasteiger partial charge in [-0.1, -0.05) is 76.4 Å². The lowest BCUT2D eigenvalue weighted by Crippen LogP contribution is -2.45. The summed E-state index contributed by atoms with van der Waals surface area (Å²) in [4.78, 5) is 48.4. The van der Waals surface area contributed by atoms with E-state index in [-0.39, 0.29) is 33.4 Å². The molecule has 1 unspecified atom stereocenters. The lowest BCUT2D eigenvalue weighted by atomic mass is 10.0. The number of likely N-dealkylation sites (tertiary alicyclic amines) is 1. The van der Waals surface area contributed by atoms with Crippen molar-refractivity contribution in [3.63, 3.8) is 0 Å². The molecule has 1 amide bonds. The number of nitro benzene ring substituents is 2. The largest absolute Gasteiger partial charge is 0.352 e. The van der Waals surface area contributed by atoms with Crippen LogP contribution in [0, 0.1) is 20.2 Å². The molecule has 1 aliphatic heterocycles. The normalized spacial score (nSPS) is 14.4. The molecule has 1 N–H and O–H groups in total. The number of nitrogens with one attached hydrogen (secondary N) is 1. The summed E-state index contributed by atoms with van der Waals surface area (Å²) in [5.74, 6) is -0.288. The maximum Gasteiger partial charge on any atom is 0.288 e. The monoisotopic (exact) mass is 840 g/mol. The van der Waals surface area contributed by atoms with Crippen LogP contribution in [0.5, 0.6) is 0 Å². The molecule has 1 aliphatic rings. The second kappa shape index (κ2) is 16.4. The van der Waals surface area contributed by atoms with Crippen molar-refractivity contribution in [2.45, 2.75) is 39.4 Å². The van der Waals surface area contributed by atoms with Crippen LogP contribution in [0.3, 0.4) is 0 Å². The Morgan fingerprint density at radius 1 is 0.922 bits per heavy atom. The van der Waals surface area contributed by atoms with E-state index in [0.717, 1.165) is 18.7 Å². The number of rotatable bonds is 11. The standard InChI is InChI=1S/C32H24Cl4N6O5S4/c33-20-4-1-16(11-23(20)36)14-40-9-7-19(8-10-40)37-30(43)29(28-27(39-31(48)50-28)18-3-6-22(35)26(13-18)42(46)47)51-32-38-24(15-49-32)17-2-5-21(34)25(12-17)41(44)45/h1-6,11-13,15,19,29H,7-10,14H2,(H,37,43)(H,39,48). The van der Waals surface area contributed by atoms with Gasteiger partial charge in [-0.3, -0.25) is 29.9 Å². The van der Waals surface area contributed by atoms with Gasteiger partial charge in [0.1, 0.15) is 19.6 Å².